The normalized spacial score (nSPS) is 38.7. The van der Waals surface area contributed by atoms with Gasteiger partial charge in [0.15, 0.2) is 23.4 Å². The number of carbonyl (C=O) groups is 1. The van der Waals surface area contributed by atoms with E-state index in [9.17, 15) is 15.0 Å². The third-order valence-electron chi connectivity index (χ3n) is 7.15. The monoisotopic (exact) mass is 390 g/mol. The number of Topliss-reactive ketones (excluding diaryl/α,β-unsaturated/α-hetero) is 1. The standard InChI is InChI=1S/C17H19NO4.C3H7NS/c1-18-7-6-16-13-9-2-3-10(19)14(13)22-15(16)11(20)4-5-17(16,21)12(18)8-9;1-2-5-3-4-1/h2-3,12,15,19,21H,4-8H2,1H3;4H,1-3H2/t12-,15+,16+,17-;/m1./s1. The molecule has 7 heteroatoms. The molecule has 0 radical (unpaired) electrons. The second kappa shape index (κ2) is 6.11. The summed E-state index contributed by atoms with van der Waals surface area (Å²) in [6, 6.07) is 3.57. The summed E-state index contributed by atoms with van der Waals surface area (Å²) in [5.41, 5.74) is 0.370. The van der Waals surface area contributed by atoms with Crippen molar-refractivity contribution in [1.29, 1.82) is 0 Å². The number of benzene rings is 1. The van der Waals surface area contributed by atoms with E-state index in [4.69, 9.17) is 4.74 Å². The number of aliphatic hydroxyl groups is 1. The molecule has 3 fully saturated rings. The van der Waals surface area contributed by atoms with E-state index in [1.165, 1.54) is 18.2 Å². The molecule has 3 heterocycles. The van der Waals surface area contributed by atoms with Gasteiger partial charge in [0.2, 0.25) is 0 Å². The minimum Gasteiger partial charge on any atom is -0.504 e. The molecule has 2 aliphatic carbocycles. The number of thioether (sulfide) groups is 1. The molecule has 3 N–H and O–H groups in total. The van der Waals surface area contributed by atoms with Crippen molar-refractivity contribution in [2.24, 2.45) is 0 Å². The summed E-state index contributed by atoms with van der Waals surface area (Å²) in [4.78, 5) is 14.7. The summed E-state index contributed by atoms with van der Waals surface area (Å²) in [7, 11) is 2.04. The fourth-order valence-corrected chi connectivity index (χ4v) is 6.62. The number of hydrogen-bond acceptors (Lipinski definition) is 7. The molecular formula is C20H26N2O4S. The zero-order valence-corrected chi connectivity index (χ0v) is 16.3. The van der Waals surface area contributed by atoms with Crippen LogP contribution >= 0.6 is 11.8 Å². The first kappa shape index (κ1) is 17.8. The van der Waals surface area contributed by atoms with Crippen LogP contribution in [-0.2, 0) is 16.6 Å². The van der Waals surface area contributed by atoms with E-state index in [1.54, 1.807) is 6.07 Å². The van der Waals surface area contributed by atoms with Crippen LogP contribution in [0.15, 0.2) is 12.1 Å². The number of ether oxygens (including phenoxy) is 1. The van der Waals surface area contributed by atoms with Crippen LogP contribution in [-0.4, -0.2) is 70.4 Å². The second-order valence-electron chi connectivity index (χ2n) is 8.31. The van der Waals surface area contributed by atoms with Gasteiger partial charge in [0, 0.05) is 36.2 Å². The molecule has 1 spiro atoms. The molecule has 27 heavy (non-hydrogen) atoms. The van der Waals surface area contributed by atoms with Crippen molar-refractivity contribution in [1.82, 2.24) is 10.2 Å². The molecule has 146 valence electrons. The fraction of sp³-hybridized carbons (Fsp3) is 0.650. The molecule has 3 aliphatic heterocycles. The van der Waals surface area contributed by atoms with Crippen LogP contribution in [0.4, 0.5) is 0 Å². The number of likely N-dealkylation sites (tertiary alicyclic amines) is 1. The lowest BCUT2D eigenvalue weighted by atomic mass is 9.49. The van der Waals surface area contributed by atoms with Crippen LogP contribution < -0.4 is 10.1 Å². The van der Waals surface area contributed by atoms with Crippen molar-refractivity contribution in [2.75, 3.05) is 31.8 Å². The van der Waals surface area contributed by atoms with Gasteiger partial charge in [-0.15, -0.1) is 11.8 Å². The van der Waals surface area contributed by atoms with Crippen molar-refractivity contribution in [2.45, 2.75) is 48.8 Å². The van der Waals surface area contributed by atoms with Crippen LogP contribution in [0.2, 0.25) is 0 Å². The molecule has 4 atom stereocenters. The van der Waals surface area contributed by atoms with Gasteiger partial charge in [-0.3, -0.25) is 4.79 Å². The highest BCUT2D eigenvalue weighted by Crippen LogP contribution is 2.64. The summed E-state index contributed by atoms with van der Waals surface area (Å²) < 4.78 is 5.94. The summed E-state index contributed by atoms with van der Waals surface area (Å²) in [5.74, 6) is 3.03. The molecule has 2 saturated heterocycles. The number of ketones is 1. The maximum absolute atomic E-state index is 12.5. The quantitative estimate of drug-likeness (QED) is 0.610. The lowest BCUT2D eigenvalue weighted by molar-refractivity contribution is -0.185. The van der Waals surface area contributed by atoms with Crippen LogP contribution in [0.3, 0.4) is 0 Å². The maximum atomic E-state index is 12.5. The van der Waals surface area contributed by atoms with Crippen molar-refractivity contribution in [3.8, 4) is 11.5 Å². The van der Waals surface area contributed by atoms with Crippen molar-refractivity contribution in [3.63, 3.8) is 0 Å². The zero-order valence-electron chi connectivity index (χ0n) is 15.5. The molecule has 6 nitrogen and oxygen atoms in total. The van der Waals surface area contributed by atoms with E-state index in [-0.39, 0.29) is 17.6 Å². The van der Waals surface area contributed by atoms with Gasteiger partial charge in [0.1, 0.15) is 0 Å². The molecule has 0 aromatic heterocycles. The SMILES string of the molecule is C1CSCN1.CN1CC[C@]23c4c5ccc(O)c4O[C@H]2C(=O)CC[C@@]3(O)[C@H]1C5. The Morgan fingerprint density at radius 2 is 2.22 bits per heavy atom. The number of likely N-dealkylation sites (N-methyl/N-ethyl adjacent to an activating group) is 1. The van der Waals surface area contributed by atoms with Gasteiger partial charge in [0.05, 0.1) is 11.0 Å². The Morgan fingerprint density at radius 3 is 2.93 bits per heavy atom. The third-order valence-corrected chi connectivity index (χ3v) is 8.05. The summed E-state index contributed by atoms with van der Waals surface area (Å²) in [6.45, 7) is 2.04. The molecule has 2 bridgehead atoms. The predicted octanol–water partition coefficient (Wildman–Crippen LogP) is 1.03. The minimum absolute atomic E-state index is 0.00319. The lowest BCUT2D eigenvalue weighted by Gasteiger charge is -2.61. The average Bonchev–Trinajstić information content (AvgIpc) is 3.32. The summed E-state index contributed by atoms with van der Waals surface area (Å²) >= 11 is 1.96. The van der Waals surface area contributed by atoms with E-state index >= 15 is 0 Å². The van der Waals surface area contributed by atoms with Crippen molar-refractivity contribution >= 4 is 17.5 Å². The van der Waals surface area contributed by atoms with Crippen molar-refractivity contribution < 1.29 is 19.7 Å². The molecule has 6 rings (SSSR count). The maximum Gasteiger partial charge on any atom is 0.174 e. The van der Waals surface area contributed by atoms with Gasteiger partial charge in [-0.1, -0.05) is 6.07 Å². The number of aromatic hydroxyl groups is 1. The lowest BCUT2D eigenvalue weighted by Crippen LogP contribution is -2.76. The molecule has 0 amide bonds. The minimum atomic E-state index is -0.954. The molecule has 1 aromatic rings. The number of carbonyl (C=O) groups excluding carboxylic acids is 1. The van der Waals surface area contributed by atoms with Gasteiger partial charge in [-0.05, 0) is 44.5 Å². The highest BCUT2D eigenvalue weighted by molar-refractivity contribution is 7.99. The number of nitrogens with zero attached hydrogens (tertiary/aromatic N) is 1. The molecular weight excluding hydrogens is 364 g/mol. The van der Waals surface area contributed by atoms with E-state index in [0.717, 1.165) is 24.1 Å². The highest BCUT2D eigenvalue weighted by atomic mass is 32.2. The Labute approximate surface area is 163 Å². The number of hydrogen-bond donors (Lipinski definition) is 3. The fourth-order valence-electron chi connectivity index (χ4n) is 5.90. The Balaban J connectivity index is 0.000000280. The first-order chi connectivity index (χ1) is 13.0. The highest BCUT2D eigenvalue weighted by Gasteiger charge is 2.72. The molecule has 1 saturated carbocycles. The van der Waals surface area contributed by atoms with Crippen LogP contribution in [0.1, 0.15) is 30.4 Å². The Bertz CT molecular complexity index is 791. The second-order valence-corrected chi connectivity index (χ2v) is 9.42. The predicted molar refractivity (Wildman–Crippen MR) is 103 cm³/mol. The number of phenols is 1. The van der Waals surface area contributed by atoms with Gasteiger partial charge >= 0.3 is 0 Å². The van der Waals surface area contributed by atoms with Gasteiger partial charge < -0.3 is 25.2 Å². The first-order valence-corrected chi connectivity index (χ1v) is 10.9. The van der Waals surface area contributed by atoms with Crippen LogP contribution in [0.5, 0.6) is 11.5 Å². The largest absolute Gasteiger partial charge is 0.504 e. The molecule has 1 aromatic carbocycles. The number of phenolic OH excluding ortho intramolecular Hbond substituents is 1. The van der Waals surface area contributed by atoms with E-state index in [2.05, 4.69) is 10.2 Å². The number of piperidine rings is 1. The Kier molecular flexibility index (Phi) is 4.03. The third kappa shape index (κ3) is 2.23. The zero-order chi connectivity index (χ0) is 18.8. The first-order valence-electron chi connectivity index (χ1n) is 9.75. The van der Waals surface area contributed by atoms with Crippen LogP contribution in [0, 0.1) is 0 Å². The van der Waals surface area contributed by atoms with Gasteiger partial charge in [-0.25, -0.2) is 0 Å². The number of rotatable bonds is 0. The van der Waals surface area contributed by atoms with E-state index < -0.39 is 17.1 Å². The van der Waals surface area contributed by atoms with Gasteiger partial charge in [0.25, 0.3) is 0 Å². The summed E-state index contributed by atoms with van der Waals surface area (Å²) in [6.07, 6.45) is 1.61. The number of nitrogens with one attached hydrogen (secondary N) is 1. The Hall–Kier alpha value is -1.28. The topological polar surface area (TPSA) is 82.0 Å². The molecule has 0 unspecified atom stereocenters. The van der Waals surface area contributed by atoms with E-state index in [1.807, 2.05) is 24.9 Å². The van der Waals surface area contributed by atoms with Crippen molar-refractivity contribution in [3.05, 3.63) is 23.3 Å². The van der Waals surface area contributed by atoms with E-state index in [0.29, 0.717) is 25.0 Å². The summed E-state index contributed by atoms with van der Waals surface area (Å²) in [5, 5.41) is 25.0. The van der Waals surface area contributed by atoms with Gasteiger partial charge in [-0.2, -0.15) is 0 Å². The van der Waals surface area contributed by atoms with Crippen LogP contribution in [0.25, 0.3) is 0 Å². The Morgan fingerprint density at radius 1 is 1.37 bits per heavy atom. The molecule has 5 aliphatic rings. The average molecular weight is 391 g/mol. The smallest absolute Gasteiger partial charge is 0.174 e.